The van der Waals surface area contributed by atoms with Crippen LogP contribution in [0.1, 0.15) is 16.7 Å². The molecule has 27 heavy (non-hydrogen) atoms. The molecule has 1 saturated heterocycles. The van der Waals surface area contributed by atoms with Gasteiger partial charge in [0, 0.05) is 38.4 Å². The first-order chi connectivity index (χ1) is 12.8. The number of amides is 2. The molecule has 1 heterocycles. The predicted octanol–water partition coefficient (Wildman–Crippen LogP) is 4.05. The molecule has 0 unspecified atom stereocenters. The summed E-state index contributed by atoms with van der Waals surface area (Å²) in [6, 6.07) is 13.0. The monoisotopic (exact) mass is 377 g/mol. The van der Waals surface area contributed by atoms with Crippen molar-refractivity contribution in [2.45, 2.75) is 19.6 Å². The highest BCUT2D eigenvalue weighted by Gasteiger charge is 2.30. The largest absolute Gasteiger partial charge is 0.416 e. The summed E-state index contributed by atoms with van der Waals surface area (Å²) in [4.78, 5) is 16.0. The molecule has 0 bridgehead atoms. The van der Waals surface area contributed by atoms with E-state index >= 15 is 0 Å². The van der Waals surface area contributed by atoms with E-state index in [0.29, 0.717) is 32.7 Å². The quantitative estimate of drug-likeness (QED) is 0.876. The van der Waals surface area contributed by atoms with Crippen molar-refractivity contribution in [3.8, 4) is 0 Å². The van der Waals surface area contributed by atoms with Gasteiger partial charge in [-0.25, -0.2) is 4.79 Å². The van der Waals surface area contributed by atoms with Crippen molar-refractivity contribution in [1.82, 2.24) is 10.2 Å². The Morgan fingerprint density at radius 2 is 1.70 bits per heavy atom. The molecule has 0 spiro atoms. The molecular weight excluding hydrogens is 355 g/mol. The maximum atomic E-state index is 12.7. The Morgan fingerprint density at radius 1 is 1.04 bits per heavy atom. The van der Waals surface area contributed by atoms with Crippen LogP contribution in [0, 0.1) is 6.92 Å². The first kappa shape index (κ1) is 19.1. The molecule has 2 aromatic rings. The smallest absolute Gasteiger partial charge is 0.368 e. The number of hydrogen-bond acceptors (Lipinski definition) is 2. The minimum Gasteiger partial charge on any atom is -0.368 e. The van der Waals surface area contributed by atoms with E-state index in [4.69, 9.17) is 0 Å². The number of nitrogens with one attached hydrogen (secondary N) is 1. The number of aryl methyl sites for hydroxylation is 1. The lowest BCUT2D eigenvalue weighted by molar-refractivity contribution is -0.137. The minimum absolute atomic E-state index is 0.122. The molecule has 1 fully saturated rings. The van der Waals surface area contributed by atoms with E-state index in [1.807, 2.05) is 36.1 Å². The summed E-state index contributed by atoms with van der Waals surface area (Å²) in [7, 11) is 0. The second kappa shape index (κ2) is 7.90. The van der Waals surface area contributed by atoms with Gasteiger partial charge in [-0.15, -0.1) is 0 Å². The second-order valence-corrected chi connectivity index (χ2v) is 6.67. The molecule has 2 aromatic carbocycles. The van der Waals surface area contributed by atoms with Gasteiger partial charge in [-0.1, -0.05) is 29.8 Å². The molecule has 0 saturated carbocycles. The highest BCUT2D eigenvalue weighted by Crippen LogP contribution is 2.30. The van der Waals surface area contributed by atoms with Gasteiger partial charge in [0.1, 0.15) is 0 Å². The fourth-order valence-electron chi connectivity index (χ4n) is 3.14. The molecule has 7 heteroatoms. The van der Waals surface area contributed by atoms with E-state index in [1.54, 1.807) is 4.90 Å². The third-order valence-corrected chi connectivity index (χ3v) is 4.65. The summed E-state index contributed by atoms with van der Waals surface area (Å²) in [6.45, 7) is 4.71. The maximum absolute atomic E-state index is 12.7. The number of anilines is 1. The zero-order chi connectivity index (χ0) is 19.4. The maximum Gasteiger partial charge on any atom is 0.416 e. The van der Waals surface area contributed by atoms with Crippen molar-refractivity contribution in [1.29, 1.82) is 0 Å². The molecular formula is C20H22F3N3O. The molecule has 1 aliphatic rings. The molecule has 4 nitrogen and oxygen atoms in total. The van der Waals surface area contributed by atoms with E-state index in [0.717, 1.165) is 28.9 Å². The van der Waals surface area contributed by atoms with Crippen LogP contribution in [0.2, 0.25) is 0 Å². The summed E-state index contributed by atoms with van der Waals surface area (Å²) < 4.78 is 38.0. The Morgan fingerprint density at radius 3 is 2.30 bits per heavy atom. The first-order valence-corrected chi connectivity index (χ1v) is 8.83. The number of urea groups is 1. The standard InChI is InChI=1S/C20H22F3N3O/c1-15-3-2-4-16(13-15)14-24-19(27)26-11-9-25(10-12-26)18-7-5-17(6-8-18)20(21,22)23/h2-8,13H,9-12,14H2,1H3,(H,24,27). The summed E-state index contributed by atoms with van der Waals surface area (Å²) in [5.41, 5.74) is 2.28. The van der Waals surface area contributed by atoms with Crippen LogP contribution in [-0.4, -0.2) is 37.1 Å². The fraction of sp³-hybridized carbons (Fsp3) is 0.350. The molecule has 2 amide bonds. The van der Waals surface area contributed by atoms with Crippen LogP contribution >= 0.6 is 0 Å². The van der Waals surface area contributed by atoms with Gasteiger partial charge in [-0.05, 0) is 36.8 Å². The summed E-state index contributed by atoms with van der Waals surface area (Å²) in [5, 5.41) is 2.92. The SMILES string of the molecule is Cc1cccc(CNC(=O)N2CCN(c3ccc(C(F)(F)F)cc3)CC2)c1. The Balaban J connectivity index is 1.50. The average Bonchev–Trinajstić information content (AvgIpc) is 2.66. The lowest BCUT2D eigenvalue weighted by Gasteiger charge is -2.36. The molecule has 1 N–H and O–H groups in total. The Hall–Kier alpha value is -2.70. The molecule has 3 rings (SSSR count). The molecule has 144 valence electrons. The number of carbonyl (C=O) groups excluding carboxylic acids is 1. The number of halogens is 3. The van der Waals surface area contributed by atoms with Gasteiger partial charge in [0.05, 0.1) is 5.56 Å². The van der Waals surface area contributed by atoms with E-state index in [-0.39, 0.29) is 6.03 Å². The molecule has 0 radical (unpaired) electrons. The van der Waals surface area contributed by atoms with Crippen LogP contribution in [0.25, 0.3) is 0 Å². The van der Waals surface area contributed by atoms with E-state index in [1.165, 1.54) is 12.1 Å². The van der Waals surface area contributed by atoms with Crippen LogP contribution in [0.4, 0.5) is 23.7 Å². The average molecular weight is 377 g/mol. The van der Waals surface area contributed by atoms with Gasteiger partial charge in [-0.3, -0.25) is 0 Å². The van der Waals surface area contributed by atoms with Gasteiger partial charge in [0.2, 0.25) is 0 Å². The van der Waals surface area contributed by atoms with Gasteiger partial charge < -0.3 is 15.1 Å². The first-order valence-electron chi connectivity index (χ1n) is 8.83. The zero-order valence-corrected chi connectivity index (χ0v) is 15.1. The van der Waals surface area contributed by atoms with Crippen molar-refractivity contribution >= 4 is 11.7 Å². The number of carbonyl (C=O) groups is 1. The van der Waals surface area contributed by atoms with Gasteiger partial charge in [0.25, 0.3) is 0 Å². The Labute approximate surface area is 156 Å². The van der Waals surface area contributed by atoms with Gasteiger partial charge >= 0.3 is 12.2 Å². The second-order valence-electron chi connectivity index (χ2n) is 6.67. The minimum atomic E-state index is -4.33. The van der Waals surface area contributed by atoms with Crippen molar-refractivity contribution < 1.29 is 18.0 Å². The Kier molecular flexibility index (Phi) is 5.58. The zero-order valence-electron chi connectivity index (χ0n) is 15.1. The lowest BCUT2D eigenvalue weighted by atomic mass is 10.1. The topological polar surface area (TPSA) is 35.6 Å². The molecule has 0 atom stereocenters. The third-order valence-electron chi connectivity index (χ3n) is 4.65. The van der Waals surface area contributed by atoms with Crippen molar-refractivity contribution in [2.24, 2.45) is 0 Å². The van der Waals surface area contributed by atoms with Crippen molar-refractivity contribution in [3.63, 3.8) is 0 Å². The number of hydrogen-bond donors (Lipinski definition) is 1. The number of piperazine rings is 1. The number of nitrogens with zero attached hydrogens (tertiary/aromatic N) is 2. The van der Waals surface area contributed by atoms with E-state index < -0.39 is 11.7 Å². The highest BCUT2D eigenvalue weighted by molar-refractivity contribution is 5.74. The van der Waals surface area contributed by atoms with Crippen LogP contribution < -0.4 is 10.2 Å². The Bertz CT molecular complexity index is 782. The summed E-state index contributed by atoms with van der Waals surface area (Å²) >= 11 is 0. The molecule has 0 aliphatic carbocycles. The van der Waals surface area contributed by atoms with E-state index in [2.05, 4.69) is 5.32 Å². The third kappa shape index (κ3) is 4.93. The number of alkyl halides is 3. The van der Waals surface area contributed by atoms with Gasteiger partial charge in [-0.2, -0.15) is 13.2 Å². The van der Waals surface area contributed by atoms with Crippen LogP contribution in [0.5, 0.6) is 0 Å². The van der Waals surface area contributed by atoms with Crippen LogP contribution in [0.15, 0.2) is 48.5 Å². The molecule has 1 aliphatic heterocycles. The molecule has 0 aromatic heterocycles. The van der Waals surface area contributed by atoms with Crippen LogP contribution in [0.3, 0.4) is 0 Å². The van der Waals surface area contributed by atoms with Crippen LogP contribution in [-0.2, 0) is 12.7 Å². The lowest BCUT2D eigenvalue weighted by Crippen LogP contribution is -2.51. The number of benzene rings is 2. The normalized spacial score (nSPS) is 15.0. The summed E-state index contributed by atoms with van der Waals surface area (Å²) in [6.07, 6.45) is -4.33. The fourth-order valence-corrected chi connectivity index (χ4v) is 3.14. The predicted molar refractivity (Wildman–Crippen MR) is 98.6 cm³/mol. The number of rotatable bonds is 3. The van der Waals surface area contributed by atoms with E-state index in [9.17, 15) is 18.0 Å². The van der Waals surface area contributed by atoms with Crippen molar-refractivity contribution in [3.05, 3.63) is 65.2 Å². The summed E-state index contributed by atoms with van der Waals surface area (Å²) in [5.74, 6) is 0. The highest BCUT2D eigenvalue weighted by atomic mass is 19.4. The van der Waals surface area contributed by atoms with Gasteiger partial charge in [0.15, 0.2) is 0 Å². The van der Waals surface area contributed by atoms with Crippen molar-refractivity contribution in [2.75, 3.05) is 31.1 Å².